The van der Waals surface area contributed by atoms with Crippen LogP contribution in [-0.2, 0) is 0 Å². The Bertz CT molecular complexity index is 384. The van der Waals surface area contributed by atoms with Gasteiger partial charge in [0.1, 0.15) is 11.6 Å². The first-order chi connectivity index (χ1) is 7.96. The van der Waals surface area contributed by atoms with Crippen LogP contribution in [0.2, 0.25) is 0 Å². The first-order valence-electron chi connectivity index (χ1n) is 5.92. The van der Waals surface area contributed by atoms with Gasteiger partial charge in [-0.2, -0.15) is 0 Å². The number of hydrogen-bond donors (Lipinski definition) is 1. The molecule has 0 unspecified atom stereocenters. The number of benzene rings is 1. The predicted molar refractivity (Wildman–Crippen MR) is 65.3 cm³/mol. The molecule has 1 heterocycles. The summed E-state index contributed by atoms with van der Waals surface area (Å²) in [5, 5.41) is 3.42. The van der Waals surface area contributed by atoms with Crippen molar-refractivity contribution in [2.45, 2.75) is 25.8 Å². The van der Waals surface area contributed by atoms with Gasteiger partial charge in [0.25, 0.3) is 0 Å². The van der Waals surface area contributed by atoms with Gasteiger partial charge in [0.05, 0.1) is 0 Å². The molecule has 1 aliphatic rings. The lowest BCUT2D eigenvalue weighted by Crippen LogP contribution is -2.46. The number of rotatable bonds is 1. The van der Waals surface area contributed by atoms with Gasteiger partial charge in [-0.3, -0.25) is 0 Å². The van der Waals surface area contributed by atoms with E-state index in [4.69, 9.17) is 0 Å². The van der Waals surface area contributed by atoms with E-state index in [1.807, 2.05) is 4.90 Å². The van der Waals surface area contributed by atoms with Crippen molar-refractivity contribution in [1.29, 1.82) is 0 Å². The Morgan fingerprint density at radius 1 is 1.18 bits per heavy atom. The molecule has 1 saturated heterocycles. The van der Waals surface area contributed by atoms with Gasteiger partial charge in [0, 0.05) is 30.4 Å². The molecule has 0 bridgehead atoms. The van der Waals surface area contributed by atoms with Crippen LogP contribution in [0.3, 0.4) is 0 Å². The minimum Gasteiger partial charge on any atom is -0.369 e. The van der Waals surface area contributed by atoms with Gasteiger partial charge in [-0.15, -0.1) is 0 Å². The molecule has 4 heteroatoms. The molecule has 2 nitrogen and oxygen atoms in total. The van der Waals surface area contributed by atoms with Crippen molar-refractivity contribution in [2.24, 2.45) is 0 Å². The van der Waals surface area contributed by atoms with Crippen LogP contribution in [0, 0.1) is 11.6 Å². The van der Waals surface area contributed by atoms with E-state index in [9.17, 15) is 8.78 Å². The van der Waals surface area contributed by atoms with Gasteiger partial charge in [0.15, 0.2) is 0 Å². The Hall–Kier alpha value is -1.16. The highest BCUT2D eigenvalue weighted by Crippen LogP contribution is 2.22. The summed E-state index contributed by atoms with van der Waals surface area (Å²) in [5.41, 5.74) is 0.582. The van der Waals surface area contributed by atoms with Gasteiger partial charge in [-0.05, 0) is 38.9 Å². The molecule has 0 saturated carbocycles. The minimum atomic E-state index is -0.519. The normalized spacial score (nSPS) is 20.1. The van der Waals surface area contributed by atoms with Crippen LogP contribution >= 0.6 is 0 Å². The Labute approximate surface area is 101 Å². The smallest absolute Gasteiger partial charge is 0.128 e. The standard InChI is InChI=1S/C13H18F2N2/c1-13(2)9-17(5-3-4-16-13)12-7-10(14)6-11(15)8-12/h6-8,16H,3-5,9H2,1-2H3. The van der Waals surface area contributed by atoms with E-state index in [1.54, 1.807) is 0 Å². The Balaban J connectivity index is 2.25. The zero-order valence-corrected chi connectivity index (χ0v) is 10.3. The van der Waals surface area contributed by atoms with E-state index >= 15 is 0 Å². The summed E-state index contributed by atoms with van der Waals surface area (Å²) in [5.74, 6) is -1.04. The first kappa shape index (κ1) is 12.3. The molecule has 1 N–H and O–H groups in total. The van der Waals surface area contributed by atoms with E-state index in [1.165, 1.54) is 12.1 Å². The predicted octanol–water partition coefficient (Wildman–Crippen LogP) is 2.54. The average molecular weight is 240 g/mol. The van der Waals surface area contributed by atoms with Crippen molar-refractivity contribution >= 4 is 5.69 Å². The molecule has 2 rings (SSSR count). The number of anilines is 1. The quantitative estimate of drug-likeness (QED) is 0.811. The minimum absolute atomic E-state index is 0.0424. The summed E-state index contributed by atoms with van der Waals surface area (Å²) in [6.07, 6.45) is 0.974. The van der Waals surface area contributed by atoms with Crippen LogP contribution < -0.4 is 10.2 Å². The maximum Gasteiger partial charge on any atom is 0.128 e. The lowest BCUT2D eigenvalue weighted by molar-refractivity contribution is 0.416. The number of nitrogens with zero attached hydrogens (tertiary/aromatic N) is 1. The first-order valence-corrected chi connectivity index (χ1v) is 5.92. The van der Waals surface area contributed by atoms with Crippen LogP contribution in [-0.4, -0.2) is 25.2 Å². The monoisotopic (exact) mass is 240 g/mol. The van der Waals surface area contributed by atoms with Crippen LogP contribution in [0.4, 0.5) is 14.5 Å². The Kier molecular flexibility index (Phi) is 3.33. The fourth-order valence-electron chi connectivity index (χ4n) is 2.25. The molecule has 0 atom stereocenters. The van der Waals surface area contributed by atoms with Crippen molar-refractivity contribution in [1.82, 2.24) is 5.32 Å². The summed E-state index contributed by atoms with van der Waals surface area (Å²) in [6, 6.07) is 3.69. The highest BCUT2D eigenvalue weighted by molar-refractivity contribution is 5.47. The van der Waals surface area contributed by atoms with E-state index in [-0.39, 0.29) is 5.54 Å². The topological polar surface area (TPSA) is 15.3 Å². The third-order valence-electron chi connectivity index (χ3n) is 3.01. The fraction of sp³-hybridized carbons (Fsp3) is 0.538. The molecule has 1 aromatic carbocycles. The molecule has 1 aliphatic heterocycles. The lowest BCUT2D eigenvalue weighted by Gasteiger charge is -2.31. The summed E-state index contributed by atoms with van der Waals surface area (Å²) in [6.45, 7) is 6.69. The van der Waals surface area contributed by atoms with Gasteiger partial charge < -0.3 is 10.2 Å². The second-order valence-corrected chi connectivity index (χ2v) is 5.21. The Morgan fingerprint density at radius 2 is 1.82 bits per heavy atom. The molecule has 94 valence electrons. The highest BCUT2D eigenvalue weighted by Gasteiger charge is 2.24. The highest BCUT2D eigenvalue weighted by atomic mass is 19.1. The van der Waals surface area contributed by atoms with E-state index in [2.05, 4.69) is 19.2 Å². The largest absolute Gasteiger partial charge is 0.369 e. The maximum absolute atomic E-state index is 13.2. The van der Waals surface area contributed by atoms with Crippen molar-refractivity contribution < 1.29 is 8.78 Å². The van der Waals surface area contributed by atoms with Crippen LogP contribution in [0.15, 0.2) is 18.2 Å². The molecule has 1 fully saturated rings. The third-order valence-corrected chi connectivity index (χ3v) is 3.01. The Morgan fingerprint density at radius 3 is 2.47 bits per heavy atom. The van der Waals surface area contributed by atoms with E-state index in [0.717, 1.165) is 32.1 Å². The van der Waals surface area contributed by atoms with Gasteiger partial charge in [-0.25, -0.2) is 8.78 Å². The van der Waals surface area contributed by atoms with E-state index < -0.39 is 11.6 Å². The maximum atomic E-state index is 13.2. The zero-order chi connectivity index (χ0) is 12.5. The van der Waals surface area contributed by atoms with Crippen molar-refractivity contribution in [3.63, 3.8) is 0 Å². The summed E-state index contributed by atoms with van der Waals surface area (Å²) in [4.78, 5) is 2.03. The molecule has 0 spiro atoms. The average Bonchev–Trinajstić information content (AvgIpc) is 2.37. The SMILES string of the molecule is CC1(C)CN(c2cc(F)cc(F)c2)CCCN1. The van der Waals surface area contributed by atoms with Crippen LogP contribution in [0.1, 0.15) is 20.3 Å². The lowest BCUT2D eigenvalue weighted by atomic mass is 10.1. The number of nitrogens with one attached hydrogen (secondary N) is 1. The van der Waals surface area contributed by atoms with Crippen molar-refractivity contribution in [3.05, 3.63) is 29.8 Å². The molecule has 1 aromatic rings. The van der Waals surface area contributed by atoms with Gasteiger partial charge in [-0.1, -0.05) is 0 Å². The molecule has 0 radical (unpaired) electrons. The summed E-state index contributed by atoms with van der Waals surface area (Å²) >= 11 is 0. The molecular formula is C13H18F2N2. The third kappa shape index (κ3) is 3.16. The van der Waals surface area contributed by atoms with E-state index in [0.29, 0.717) is 5.69 Å². The molecule has 0 aromatic heterocycles. The fourth-order valence-corrected chi connectivity index (χ4v) is 2.25. The molecule has 0 amide bonds. The molecule has 17 heavy (non-hydrogen) atoms. The van der Waals surface area contributed by atoms with Crippen LogP contribution in [0.5, 0.6) is 0 Å². The van der Waals surface area contributed by atoms with Crippen molar-refractivity contribution in [3.8, 4) is 0 Å². The molecular weight excluding hydrogens is 222 g/mol. The van der Waals surface area contributed by atoms with Crippen molar-refractivity contribution in [2.75, 3.05) is 24.5 Å². The molecule has 0 aliphatic carbocycles. The van der Waals surface area contributed by atoms with Gasteiger partial charge in [0.2, 0.25) is 0 Å². The second-order valence-electron chi connectivity index (χ2n) is 5.21. The summed E-state index contributed by atoms with van der Waals surface area (Å²) in [7, 11) is 0. The summed E-state index contributed by atoms with van der Waals surface area (Å²) < 4.78 is 26.4. The number of hydrogen-bond acceptors (Lipinski definition) is 2. The van der Waals surface area contributed by atoms with Crippen LogP contribution in [0.25, 0.3) is 0 Å². The second kappa shape index (κ2) is 4.61. The van der Waals surface area contributed by atoms with Gasteiger partial charge >= 0.3 is 0 Å². The zero-order valence-electron chi connectivity index (χ0n) is 10.3. The number of halogens is 2.